The highest BCUT2D eigenvalue weighted by molar-refractivity contribution is 7.46. The zero-order valence-electron chi connectivity index (χ0n) is 19.6. The largest absolute Gasteiger partial charge is 0.490 e. The number of phosphoric ester groups is 1. The topological polar surface area (TPSA) is 128 Å². The van der Waals surface area contributed by atoms with Crippen molar-refractivity contribution < 1.29 is 36.8 Å². The molecule has 0 saturated heterocycles. The molecular formula is C22H31F3N3O5P. The number of aromatic nitrogens is 2. The lowest BCUT2D eigenvalue weighted by Gasteiger charge is -2.37. The van der Waals surface area contributed by atoms with Gasteiger partial charge in [-0.25, -0.2) is 14.5 Å². The molecule has 1 atom stereocenters. The fourth-order valence-electron chi connectivity index (χ4n) is 4.26. The van der Waals surface area contributed by atoms with Gasteiger partial charge < -0.3 is 20.3 Å². The van der Waals surface area contributed by atoms with Crippen molar-refractivity contribution in [2.24, 2.45) is 17.1 Å². The monoisotopic (exact) mass is 505 g/mol. The number of hydrogen-bond acceptors (Lipinski definition) is 6. The summed E-state index contributed by atoms with van der Waals surface area (Å²) >= 11 is 0. The predicted molar refractivity (Wildman–Crippen MR) is 120 cm³/mol. The maximum atomic E-state index is 14.1. The first kappa shape index (κ1) is 26.8. The van der Waals surface area contributed by atoms with E-state index in [-0.39, 0.29) is 34.0 Å². The number of rotatable bonds is 6. The van der Waals surface area contributed by atoms with E-state index in [1.54, 1.807) is 0 Å². The molecular weight excluding hydrogens is 474 g/mol. The maximum absolute atomic E-state index is 14.1. The van der Waals surface area contributed by atoms with Gasteiger partial charge >= 0.3 is 14.0 Å². The summed E-state index contributed by atoms with van der Waals surface area (Å²) in [5.74, 6) is 0.115. The quantitative estimate of drug-likeness (QED) is 0.473. The minimum Gasteiger partial charge on any atom is -0.490 e. The van der Waals surface area contributed by atoms with E-state index < -0.39 is 31.7 Å². The van der Waals surface area contributed by atoms with E-state index in [2.05, 4.69) is 35.3 Å². The van der Waals surface area contributed by atoms with Gasteiger partial charge in [-0.1, -0.05) is 20.8 Å². The third kappa shape index (κ3) is 6.46. The molecule has 1 aromatic carbocycles. The number of halogens is 3. The number of benzene rings is 1. The molecule has 0 amide bonds. The summed E-state index contributed by atoms with van der Waals surface area (Å²) in [4.78, 5) is 25.9. The van der Waals surface area contributed by atoms with Crippen molar-refractivity contribution in [3.8, 4) is 5.75 Å². The second-order valence-electron chi connectivity index (χ2n) is 10.2. The summed E-state index contributed by atoms with van der Waals surface area (Å²) in [6.45, 7) is 7.24. The molecule has 190 valence electrons. The molecule has 1 fully saturated rings. The molecule has 2 aromatic rings. The van der Waals surface area contributed by atoms with E-state index in [9.17, 15) is 17.7 Å². The van der Waals surface area contributed by atoms with Gasteiger partial charge in [-0.2, -0.15) is 13.2 Å². The normalized spacial score (nSPS) is 21.9. The molecule has 1 saturated carbocycles. The van der Waals surface area contributed by atoms with Crippen LogP contribution in [0.2, 0.25) is 0 Å². The van der Waals surface area contributed by atoms with Gasteiger partial charge in [0.1, 0.15) is 11.3 Å². The average molecular weight is 505 g/mol. The standard InChI is InChI=1S/C22H31F3N3O5P/c1-20(2,3)13-5-7-14(8-6-13)33-17-10-9-16-15(18(17)22(23,24)25)11-27-19(28-16)21(4,26)12-32-34(29,30)31/h9-11,13-14H,5-8,12,26H2,1-4H3,(H2,29,30,31)/t13?,14?,21-/m0/s1. The Morgan fingerprint density at radius 2 is 1.74 bits per heavy atom. The first-order valence-electron chi connectivity index (χ1n) is 11.0. The third-order valence-corrected chi connectivity index (χ3v) is 6.71. The Morgan fingerprint density at radius 1 is 1.12 bits per heavy atom. The second kappa shape index (κ2) is 9.35. The molecule has 0 bridgehead atoms. The molecule has 1 aromatic heterocycles. The smallest absolute Gasteiger partial charge is 0.469 e. The van der Waals surface area contributed by atoms with Gasteiger partial charge in [0.2, 0.25) is 0 Å². The lowest BCUT2D eigenvalue weighted by atomic mass is 9.72. The number of ether oxygens (including phenoxy) is 1. The minimum atomic E-state index is -4.80. The summed E-state index contributed by atoms with van der Waals surface area (Å²) in [5.41, 5.74) is 3.64. The fourth-order valence-corrected chi connectivity index (χ4v) is 4.70. The van der Waals surface area contributed by atoms with Crippen molar-refractivity contribution in [3.05, 3.63) is 29.7 Å². The number of alkyl halides is 3. The third-order valence-electron chi connectivity index (χ3n) is 6.25. The van der Waals surface area contributed by atoms with Gasteiger partial charge in [0.15, 0.2) is 5.82 Å². The van der Waals surface area contributed by atoms with Gasteiger partial charge in [0.05, 0.1) is 23.8 Å². The summed E-state index contributed by atoms with van der Waals surface area (Å²) in [5, 5.41) is -0.246. The summed E-state index contributed by atoms with van der Waals surface area (Å²) < 4.78 is 63.5. The van der Waals surface area contributed by atoms with Crippen LogP contribution in [0.15, 0.2) is 18.3 Å². The Balaban J connectivity index is 1.90. The Bertz CT molecular complexity index is 1070. The van der Waals surface area contributed by atoms with Crippen LogP contribution in [0, 0.1) is 11.3 Å². The van der Waals surface area contributed by atoms with Crippen LogP contribution in [0.4, 0.5) is 13.2 Å². The number of nitrogens with two attached hydrogens (primary N) is 1. The Kier molecular flexibility index (Phi) is 7.38. The van der Waals surface area contributed by atoms with E-state index in [4.69, 9.17) is 20.3 Å². The van der Waals surface area contributed by atoms with E-state index >= 15 is 0 Å². The Morgan fingerprint density at radius 3 is 2.26 bits per heavy atom. The van der Waals surface area contributed by atoms with Crippen molar-refractivity contribution in [1.82, 2.24) is 9.97 Å². The Hall–Kier alpha value is -1.78. The van der Waals surface area contributed by atoms with Crippen LogP contribution < -0.4 is 10.5 Å². The zero-order chi connectivity index (χ0) is 25.5. The molecule has 0 radical (unpaired) electrons. The summed E-state index contributed by atoms with van der Waals surface area (Å²) in [6.07, 6.45) is -0.878. The molecule has 0 aliphatic heterocycles. The van der Waals surface area contributed by atoms with Crippen LogP contribution in [0.5, 0.6) is 5.75 Å². The van der Waals surface area contributed by atoms with Crippen molar-refractivity contribution >= 4 is 18.7 Å². The van der Waals surface area contributed by atoms with Gasteiger partial charge in [-0.05, 0) is 56.1 Å². The van der Waals surface area contributed by atoms with Crippen LogP contribution >= 0.6 is 7.82 Å². The highest BCUT2D eigenvalue weighted by Crippen LogP contribution is 2.44. The van der Waals surface area contributed by atoms with E-state index in [0.29, 0.717) is 18.8 Å². The van der Waals surface area contributed by atoms with E-state index in [1.807, 2.05) is 0 Å². The number of fused-ring (bicyclic) bond motifs is 1. The molecule has 8 nitrogen and oxygen atoms in total. The molecule has 12 heteroatoms. The van der Waals surface area contributed by atoms with Crippen LogP contribution in [0.25, 0.3) is 10.9 Å². The van der Waals surface area contributed by atoms with Crippen molar-refractivity contribution in [2.75, 3.05) is 6.61 Å². The molecule has 1 aliphatic rings. The van der Waals surface area contributed by atoms with Crippen molar-refractivity contribution in [1.29, 1.82) is 0 Å². The number of hydrogen-bond donors (Lipinski definition) is 3. The predicted octanol–water partition coefficient (Wildman–Crippen LogP) is 4.92. The van der Waals surface area contributed by atoms with E-state index in [1.165, 1.54) is 19.1 Å². The van der Waals surface area contributed by atoms with Crippen LogP contribution in [-0.4, -0.2) is 32.5 Å². The summed E-state index contributed by atoms with van der Waals surface area (Å²) in [7, 11) is -4.80. The van der Waals surface area contributed by atoms with Crippen LogP contribution in [0.3, 0.4) is 0 Å². The fraction of sp³-hybridized carbons (Fsp3) is 0.636. The Labute approximate surface area is 196 Å². The van der Waals surface area contributed by atoms with E-state index in [0.717, 1.165) is 19.0 Å². The van der Waals surface area contributed by atoms with Crippen LogP contribution in [0.1, 0.15) is 64.8 Å². The highest BCUT2D eigenvalue weighted by atomic mass is 31.2. The first-order chi connectivity index (χ1) is 15.5. The zero-order valence-corrected chi connectivity index (χ0v) is 20.5. The number of nitrogens with zero attached hydrogens (tertiary/aromatic N) is 2. The molecule has 4 N–H and O–H groups in total. The van der Waals surface area contributed by atoms with Gasteiger partial charge in [-0.3, -0.25) is 4.52 Å². The lowest BCUT2D eigenvalue weighted by molar-refractivity contribution is -0.138. The first-order valence-corrected chi connectivity index (χ1v) is 12.5. The second-order valence-corrected chi connectivity index (χ2v) is 11.4. The maximum Gasteiger partial charge on any atom is 0.469 e. The molecule has 3 rings (SSSR count). The average Bonchev–Trinajstić information content (AvgIpc) is 2.70. The van der Waals surface area contributed by atoms with Crippen molar-refractivity contribution in [3.63, 3.8) is 0 Å². The molecule has 1 heterocycles. The lowest BCUT2D eigenvalue weighted by Crippen LogP contribution is -2.39. The van der Waals surface area contributed by atoms with Gasteiger partial charge in [0.25, 0.3) is 0 Å². The van der Waals surface area contributed by atoms with Crippen LogP contribution in [-0.2, 0) is 20.8 Å². The molecule has 34 heavy (non-hydrogen) atoms. The number of phosphoric acid groups is 1. The molecule has 1 aliphatic carbocycles. The van der Waals surface area contributed by atoms with Gasteiger partial charge in [0, 0.05) is 11.6 Å². The molecule has 0 unspecified atom stereocenters. The van der Waals surface area contributed by atoms with Crippen molar-refractivity contribution in [2.45, 2.75) is 71.2 Å². The minimum absolute atomic E-state index is 0.0195. The molecule has 0 spiro atoms. The SMILES string of the molecule is CC(C)(C)C1CCC(Oc2ccc3nc([C@@](C)(N)COP(=O)(O)O)ncc3c2C(F)(F)F)CC1. The highest BCUT2D eigenvalue weighted by Gasteiger charge is 2.39. The van der Waals surface area contributed by atoms with Gasteiger partial charge in [-0.15, -0.1) is 0 Å². The summed E-state index contributed by atoms with van der Waals surface area (Å²) in [6, 6.07) is 2.64.